The Kier molecular flexibility index (Phi) is 18.3. The van der Waals surface area contributed by atoms with Crippen LogP contribution in [0, 0.1) is 12.3 Å². The first kappa shape index (κ1) is 22.0. The van der Waals surface area contributed by atoms with Gasteiger partial charge < -0.3 is 5.32 Å². The summed E-state index contributed by atoms with van der Waals surface area (Å²) < 4.78 is 0. The van der Waals surface area contributed by atoms with Crippen LogP contribution in [-0.4, -0.2) is 12.5 Å². The Hall–Kier alpha value is -0.970. The Morgan fingerprint density at radius 3 is 1.39 bits per heavy atom. The number of terminal acetylenes is 1. The fourth-order valence-electron chi connectivity index (χ4n) is 2.93. The van der Waals surface area contributed by atoms with Gasteiger partial charge in [-0.25, -0.2) is 0 Å². The number of unbranched alkanes of at least 4 members (excludes halogenated alkanes) is 15. The van der Waals surface area contributed by atoms with Gasteiger partial charge in [0.15, 0.2) is 0 Å². The van der Waals surface area contributed by atoms with Gasteiger partial charge in [0.1, 0.15) is 0 Å². The summed E-state index contributed by atoms with van der Waals surface area (Å²) in [5, 5.41) is 2.71. The van der Waals surface area contributed by atoms with Crippen LogP contribution in [0.15, 0.2) is 0 Å². The zero-order chi connectivity index (χ0) is 17.0. The van der Waals surface area contributed by atoms with E-state index in [-0.39, 0.29) is 5.91 Å². The highest BCUT2D eigenvalue weighted by Gasteiger charge is 1.95. The largest absolute Gasteiger partial charge is 0.345 e. The highest BCUT2D eigenvalue weighted by Crippen LogP contribution is 2.13. The second-order valence-electron chi connectivity index (χ2n) is 6.70. The van der Waals surface area contributed by atoms with E-state index in [4.69, 9.17) is 6.42 Å². The molecule has 1 amide bonds. The standard InChI is InChI=1S/C21H39NO/c1-3-5-6-7-8-9-10-11-12-13-14-15-16-17-18-19-20-22-21(23)4-2/h2H,3,5-20H2,1H3,(H,22,23). The van der Waals surface area contributed by atoms with E-state index in [9.17, 15) is 4.79 Å². The minimum Gasteiger partial charge on any atom is -0.345 e. The van der Waals surface area contributed by atoms with Crippen molar-refractivity contribution in [2.24, 2.45) is 0 Å². The maximum Gasteiger partial charge on any atom is 0.295 e. The van der Waals surface area contributed by atoms with Gasteiger partial charge >= 0.3 is 0 Å². The van der Waals surface area contributed by atoms with Crippen LogP contribution < -0.4 is 5.32 Å². The molecule has 0 aromatic rings. The van der Waals surface area contributed by atoms with Gasteiger partial charge in [-0.15, -0.1) is 6.42 Å². The van der Waals surface area contributed by atoms with E-state index < -0.39 is 0 Å². The van der Waals surface area contributed by atoms with E-state index in [0.717, 1.165) is 13.0 Å². The molecule has 0 fully saturated rings. The van der Waals surface area contributed by atoms with Gasteiger partial charge in [0.05, 0.1) is 0 Å². The summed E-state index contributed by atoms with van der Waals surface area (Å²) >= 11 is 0. The molecule has 134 valence electrons. The maximum atomic E-state index is 10.8. The molecule has 0 spiro atoms. The second kappa shape index (κ2) is 19.1. The van der Waals surface area contributed by atoms with Gasteiger partial charge in [-0.05, 0) is 12.3 Å². The number of rotatable bonds is 17. The van der Waals surface area contributed by atoms with Crippen molar-refractivity contribution in [2.75, 3.05) is 6.54 Å². The summed E-state index contributed by atoms with van der Waals surface area (Å²) in [6.45, 7) is 3.00. The zero-order valence-corrected chi connectivity index (χ0v) is 15.5. The van der Waals surface area contributed by atoms with Crippen molar-refractivity contribution in [3.8, 4) is 12.3 Å². The molecule has 0 aromatic heterocycles. The first-order valence-electron chi connectivity index (χ1n) is 10.1. The third-order valence-corrected chi connectivity index (χ3v) is 4.45. The summed E-state index contributed by atoms with van der Waals surface area (Å²) in [6.07, 6.45) is 26.8. The number of nitrogens with one attached hydrogen (secondary N) is 1. The molecule has 0 rings (SSSR count). The molecule has 0 saturated heterocycles. The number of carbonyl (C=O) groups is 1. The number of carbonyl (C=O) groups excluding carboxylic acids is 1. The highest BCUT2D eigenvalue weighted by atomic mass is 16.1. The summed E-state index contributed by atoms with van der Waals surface area (Å²) in [5.41, 5.74) is 0. The van der Waals surface area contributed by atoms with Gasteiger partial charge in [-0.3, -0.25) is 4.79 Å². The molecule has 0 aliphatic heterocycles. The second-order valence-corrected chi connectivity index (χ2v) is 6.70. The average Bonchev–Trinajstić information content (AvgIpc) is 2.57. The fraction of sp³-hybridized carbons (Fsp3) is 0.857. The Bertz CT molecular complexity index is 293. The fourth-order valence-corrected chi connectivity index (χ4v) is 2.93. The van der Waals surface area contributed by atoms with Gasteiger partial charge in [0, 0.05) is 6.54 Å². The molecule has 1 N–H and O–H groups in total. The lowest BCUT2D eigenvalue weighted by molar-refractivity contribution is -0.115. The van der Waals surface area contributed by atoms with Crippen molar-refractivity contribution in [1.29, 1.82) is 0 Å². The number of hydrogen-bond acceptors (Lipinski definition) is 1. The van der Waals surface area contributed by atoms with Crippen LogP contribution in [0.2, 0.25) is 0 Å². The molecule has 0 saturated carbocycles. The molecule has 0 unspecified atom stereocenters. The van der Waals surface area contributed by atoms with Crippen LogP contribution in [-0.2, 0) is 4.79 Å². The molecule has 0 bridgehead atoms. The molecule has 23 heavy (non-hydrogen) atoms. The molecular formula is C21H39NO. The minimum absolute atomic E-state index is 0.286. The Labute approximate surface area is 145 Å². The Morgan fingerprint density at radius 2 is 1.04 bits per heavy atom. The predicted octanol–water partition coefficient (Wildman–Crippen LogP) is 6.00. The third kappa shape index (κ3) is 19.0. The summed E-state index contributed by atoms with van der Waals surface area (Å²) in [5.74, 6) is 1.78. The lowest BCUT2D eigenvalue weighted by atomic mass is 10.0. The molecule has 0 aliphatic carbocycles. The lowest BCUT2D eigenvalue weighted by Crippen LogP contribution is -2.22. The smallest absolute Gasteiger partial charge is 0.295 e. The van der Waals surface area contributed by atoms with Crippen molar-refractivity contribution in [1.82, 2.24) is 5.32 Å². The van der Waals surface area contributed by atoms with E-state index in [0.29, 0.717) is 0 Å². The molecule has 0 atom stereocenters. The molecule has 0 aromatic carbocycles. The maximum absolute atomic E-state index is 10.8. The highest BCUT2D eigenvalue weighted by molar-refractivity contribution is 5.92. The van der Waals surface area contributed by atoms with Crippen LogP contribution in [0.4, 0.5) is 0 Å². The average molecular weight is 322 g/mol. The Balaban J connectivity index is 3.00. The Morgan fingerprint density at radius 1 is 0.696 bits per heavy atom. The molecule has 2 nitrogen and oxygen atoms in total. The van der Waals surface area contributed by atoms with Gasteiger partial charge in [-0.2, -0.15) is 0 Å². The van der Waals surface area contributed by atoms with Crippen molar-refractivity contribution in [2.45, 2.75) is 110 Å². The van der Waals surface area contributed by atoms with Crippen molar-refractivity contribution in [3.05, 3.63) is 0 Å². The summed E-state index contributed by atoms with van der Waals surface area (Å²) in [6, 6.07) is 0. The predicted molar refractivity (Wildman–Crippen MR) is 101 cm³/mol. The summed E-state index contributed by atoms with van der Waals surface area (Å²) in [7, 11) is 0. The third-order valence-electron chi connectivity index (χ3n) is 4.45. The van der Waals surface area contributed by atoms with Crippen LogP contribution in [0.25, 0.3) is 0 Å². The van der Waals surface area contributed by atoms with E-state index >= 15 is 0 Å². The number of hydrogen-bond donors (Lipinski definition) is 1. The van der Waals surface area contributed by atoms with E-state index in [1.807, 2.05) is 0 Å². The van der Waals surface area contributed by atoms with Crippen LogP contribution >= 0.6 is 0 Å². The zero-order valence-electron chi connectivity index (χ0n) is 15.5. The van der Waals surface area contributed by atoms with E-state index in [2.05, 4.69) is 18.2 Å². The van der Waals surface area contributed by atoms with Gasteiger partial charge in [-0.1, -0.05) is 103 Å². The van der Waals surface area contributed by atoms with Crippen LogP contribution in [0.3, 0.4) is 0 Å². The van der Waals surface area contributed by atoms with Crippen molar-refractivity contribution in [3.63, 3.8) is 0 Å². The van der Waals surface area contributed by atoms with Crippen LogP contribution in [0.5, 0.6) is 0 Å². The summed E-state index contributed by atoms with van der Waals surface area (Å²) in [4.78, 5) is 10.8. The van der Waals surface area contributed by atoms with Crippen LogP contribution in [0.1, 0.15) is 110 Å². The monoisotopic (exact) mass is 321 g/mol. The molecular weight excluding hydrogens is 282 g/mol. The first-order valence-corrected chi connectivity index (χ1v) is 10.1. The van der Waals surface area contributed by atoms with Crippen molar-refractivity contribution < 1.29 is 4.79 Å². The molecule has 0 heterocycles. The SMILES string of the molecule is C#CC(=O)NCCCCCCCCCCCCCCCCCC. The van der Waals surface area contributed by atoms with Gasteiger partial charge in [0.2, 0.25) is 0 Å². The quantitative estimate of drug-likeness (QED) is 0.258. The van der Waals surface area contributed by atoms with E-state index in [1.165, 1.54) is 96.3 Å². The van der Waals surface area contributed by atoms with E-state index in [1.54, 1.807) is 0 Å². The lowest BCUT2D eigenvalue weighted by Gasteiger charge is -2.04. The molecule has 0 aliphatic rings. The minimum atomic E-state index is -0.286. The van der Waals surface area contributed by atoms with Gasteiger partial charge in [0.25, 0.3) is 5.91 Å². The normalized spacial score (nSPS) is 10.4. The molecule has 0 radical (unpaired) electrons. The number of amides is 1. The topological polar surface area (TPSA) is 29.1 Å². The molecule has 2 heteroatoms. The first-order chi connectivity index (χ1) is 11.3. The van der Waals surface area contributed by atoms with Crippen molar-refractivity contribution >= 4 is 5.91 Å².